The number of nitrogens with two attached hydrogens (primary N) is 1. The molecule has 3 N–H and O–H groups in total. The van der Waals surface area contributed by atoms with Crippen LogP contribution in [0.1, 0.15) is 35.7 Å². The Morgan fingerprint density at radius 1 is 1.24 bits per heavy atom. The lowest BCUT2D eigenvalue weighted by Gasteiger charge is -2.32. The van der Waals surface area contributed by atoms with Crippen molar-refractivity contribution in [2.45, 2.75) is 38.8 Å². The van der Waals surface area contributed by atoms with E-state index in [-0.39, 0.29) is 17.9 Å². The summed E-state index contributed by atoms with van der Waals surface area (Å²) in [5.41, 5.74) is 7.40. The number of amides is 2. The van der Waals surface area contributed by atoms with E-state index in [2.05, 4.69) is 5.32 Å². The largest absolute Gasteiger partial charge is 0.352 e. The molecule has 5 nitrogen and oxygen atoms in total. The van der Waals surface area contributed by atoms with Crippen LogP contribution in [0.25, 0.3) is 0 Å². The second-order valence-electron chi connectivity index (χ2n) is 5.73. The molecule has 1 heterocycles. The van der Waals surface area contributed by atoms with Crippen LogP contribution in [0, 0.1) is 6.92 Å². The van der Waals surface area contributed by atoms with Crippen LogP contribution in [-0.2, 0) is 4.79 Å². The average molecular weight is 289 g/mol. The van der Waals surface area contributed by atoms with Gasteiger partial charge in [-0.1, -0.05) is 17.7 Å². The molecule has 2 rings (SSSR count). The van der Waals surface area contributed by atoms with E-state index in [9.17, 15) is 9.59 Å². The van der Waals surface area contributed by atoms with Crippen LogP contribution in [0.5, 0.6) is 0 Å². The molecule has 2 amide bonds. The monoisotopic (exact) mass is 289 g/mol. The number of benzene rings is 1. The number of aryl methyl sites for hydroxylation is 1. The predicted octanol–water partition coefficient (Wildman–Crippen LogP) is 1.06. The summed E-state index contributed by atoms with van der Waals surface area (Å²) < 4.78 is 0. The van der Waals surface area contributed by atoms with Crippen LogP contribution >= 0.6 is 0 Å². The molecule has 5 heteroatoms. The van der Waals surface area contributed by atoms with Crippen LogP contribution in [0.3, 0.4) is 0 Å². The van der Waals surface area contributed by atoms with E-state index in [1.165, 1.54) is 0 Å². The van der Waals surface area contributed by atoms with Gasteiger partial charge in [0.2, 0.25) is 5.91 Å². The first-order chi connectivity index (χ1) is 9.97. The summed E-state index contributed by atoms with van der Waals surface area (Å²) in [6, 6.07) is 7.25. The van der Waals surface area contributed by atoms with Gasteiger partial charge in [0.15, 0.2) is 0 Å². The molecule has 0 aromatic heterocycles. The number of piperidine rings is 1. The number of rotatable bonds is 3. The number of hydrogen-bond donors (Lipinski definition) is 2. The fourth-order valence-corrected chi connectivity index (χ4v) is 2.44. The molecule has 1 atom stereocenters. The quantitative estimate of drug-likeness (QED) is 0.874. The molecule has 1 aromatic rings. The van der Waals surface area contributed by atoms with Crippen LogP contribution in [-0.4, -0.2) is 41.9 Å². The Bertz CT molecular complexity index is 503. The van der Waals surface area contributed by atoms with Gasteiger partial charge in [0.05, 0.1) is 6.04 Å². The van der Waals surface area contributed by atoms with E-state index in [4.69, 9.17) is 5.73 Å². The van der Waals surface area contributed by atoms with E-state index in [0.29, 0.717) is 13.1 Å². The normalized spacial score (nSPS) is 17.4. The van der Waals surface area contributed by atoms with Crippen molar-refractivity contribution in [3.8, 4) is 0 Å². The molecule has 21 heavy (non-hydrogen) atoms. The van der Waals surface area contributed by atoms with Crippen LogP contribution in [0.4, 0.5) is 0 Å². The van der Waals surface area contributed by atoms with Gasteiger partial charge in [-0.05, 0) is 38.8 Å². The maximum absolute atomic E-state index is 12.4. The van der Waals surface area contributed by atoms with Crippen LogP contribution < -0.4 is 11.1 Å². The molecule has 0 aliphatic carbocycles. The van der Waals surface area contributed by atoms with E-state index in [0.717, 1.165) is 24.0 Å². The summed E-state index contributed by atoms with van der Waals surface area (Å²) >= 11 is 0. The number of hydrogen-bond acceptors (Lipinski definition) is 3. The van der Waals surface area contributed by atoms with Crippen LogP contribution in [0.15, 0.2) is 24.3 Å². The van der Waals surface area contributed by atoms with Gasteiger partial charge in [0.1, 0.15) is 0 Å². The minimum Gasteiger partial charge on any atom is -0.352 e. The van der Waals surface area contributed by atoms with Gasteiger partial charge in [-0.25, -0.2) is 0 Å². The lowest BCUT2D eigenvalue weighted by atomic mass is 10.0. The van der Waals surface area contributed by atoms with E-state index < -0.39 is 6.04 Å². The fourth-order valence-electron chi connectivity index (χ4n) is 2.44. The van der Waals surface area contributed by atoms with Gasteiger partial charge in [-0.2, -0.15) is 0 Å². The molecule has 0 unspecified atom stereocenters. The summed E-state index contributed by atoms with van der Waals surface area (Å²) in [5.74, 6) is -0.0646. The SMILES string of the molecule is Cc1ccc(C(=O)N2CCC(NC(=O)[C@@H](C)N)CC2)cc1. The van der Waals surface area contributed by atoms with Gasteiger partial charge in [0.25, 0.3) is 5.91 Å². The maximum atomic E-state index is 12.4. The molecule has 0 spiro atoms. The van der Waals surface area contributed by atoms with Crippen molar-refractivity contribution in [2.75, 3.05) is 13.1 Å². The highest BCUT2D eigenvalue weighted by atomic mass is 16.2. The Hall–Kier alpha value is -1.88. The Kier molecular flexibility index (Phi) is 4.96. The molecule has 1 aliphatic rings. The minimum absolute atomic E-state index is 0.0620. The number of likely N-dealkylation sites (tertiary alicyclic amines) is 1. The molecule has 0 radical (unpaired) electrons. The first-order valence-corrected chi connectivity index (χ1v) is 7.39. The van der Waals surface area contributed by atoms with E-state index >= 15 is 0 Å². The summed E-state index contributed by atoms with van der Waals surface area (Å²) in [7, 11) is 0. The van der Waals surface area contributed by atoms with Gasteiger partial charge in [-0.3, -0.25) is 9.59 Å². The zero-order chi connectivity index (χ0) is 15.4. The number of carbonyl (C=O) groups excluding carboxylic acids is 2. The highest BCUT2D eigenvalue weighted by Crippen LogP contribution is 2.14. The first kappa shape index (κ1) is 15.5. The molecule has 1 aliphatic heterocycles. The zero-order valence-electron chi connectivity index (χ0n) is 12.6. The number of carbonyl (C=O) groups is 2. The van der Waals surface area contributed by atoms with Crippen molar-refractivity contribution in [3.63, 3.8) is 0 Å². The summed E-state index contributed by atoms with van der Waals surface area (Å²) in [4.78, 5) is 25.8. The van der Waals surface area contributed by atoms with Crippen molar-refractivity contribution in [2.24, 2.45) is 5.73 Å². The lowest BCUT2D eigenvalue weighted by Crippen LogP contribution is -2.49. The van der Waals surface area contributed by atoms with E-state index in [1.807, 2.05) is 36.1 Å². The Labute approximate surface area is 125 Å². The standard InChI is InChI=1S/C16H23N3O2/c1-11-3-5-13(6-4-11)16(21)19-9-7-14(8-10-19)18-15(20)12(2)17/h3-6,12,14H,7-10,17H2,1-2H3,(H,18,20)/t12-/m1/s1. The van der Waals surface area contributed by atoms with Gasteiger partial charge < -0.3 is 16.0 Å². The van der Waals surface area contributed by atoms with E-state index in [1.54, 1.807) is 6.92 Å². The third-order valence-corrected chi connectivity index (χ3v) is 3.84. The summed E-state index contributed by atoms with van der Waals surface area (Å²) in [6.45, 7) is 5.00. The molecule has 114 valence electrons. The molecule has 1 aromatic carbocycles. The van der Waals surface area contributed by atoms with Crippen molar-refractivity contribution < 1.29 is 9.59 Å². The summed E-state index contributed by atoms with van der Waals surface area (Å²) in [5, 5.41) is 2.92. The average Bonchev–Trinajstić information content (AvgIpc) is 2.48. The van der Waals surface area contributed by atoms with Crippen molar-refractivity contribution in [1.29, 1.82) is 0 Å². The first-order valence-electron chi connectivity index (χ1n) is 7.39. The molecular formula is C16H23N3O2. The van der Waals surface area contributed by atoms with Gasteiger partial charge in [0, 0.05) is 24.7 Å². The Morgan fingerprint density at radius 3 is 2.33 bits per heavy atom. The molecule has 0 saturated carbocycles. The second kappa shape index (κ2) is 6.72. The number of nitrogens with one attached hydrogen (secondary N) is 1. The summed E-state index contributed by atoms with van der Waals surface area (Å²) in [6.07, 6.45) is 1.55. The van der Waals surface area contributed by atoms with Crippen molar-refractivity contribution in [3.05, 3.63) is 35.4 Å². The third kappa shape index (κ3) is 4.04. The van der Waals surface area contributed by atoms with Crippen LogP contribution in [0.2, 0.25) is 0 Å². The highest BCUT2D eigenvalue weighted by Gasteiger charge is 2.25. The Balaban J connectivity index is 1.87. The van der Waals surface area contributed by atoms with Gasteiger partial charge in [-0.15, -0.1) is 0 Å². The molecule has 1 saturated heterocycles. The topological polar surface area (TPSA) is 75.4 Å². The lowest BCUT2D eigenvalue weighted by molar-refractivity contribution is -0.122. The number of nitrogens with zero attached hydrogens (tertiary/aromatic N) is 1. The highest BCUT2D eigenvalue weighted by molar-refractivity contribution is 5.94. The fraction of sp³-hybridized carbons (Fsp3) is 0.500. The van der Waals surface area contributed by atoms with Gasteiger partial charge >= 0.3 is 0 Å². The zero-order valence-corrected chi connectivity index (χ0v) is 12.6. The van der Waals surface area contributed by atoms with Crippen molar-refractivity contribution >= 4 is 11.8 Å². The molecular weight excluding hydrogens is 266 g/mol. The van der Waals surface area contributed by atoms with Crippen molar-refractivity contribution in [1.82, 2.24) is 10.2 Å². The second-order valence-corrected chi connectivity index (χ2v) is 5.73. The molecule has 0 bridgehead atoms. The predicted molar refractivity (Wildman–Crippen MR) is 81.9 cm³/mol. The minimum atomic E-state index is -0.489. The Morgan fingerprint density at radius 2 is 1.81 bits per heavy atom. The maximum Gasteiger partial charge on any atom is 0.253 e. The molecule has 1 fully saturated rings. The smallest absolute Gasteiger partial charge is 0.253 e. The third-order valence-electron chi connectivity index (χ3n) is 3.84.